The Hall–Kier alpha value is -4.44. The van der Waals surface area contributed by atoms with Crippen molar-refractivity contribution in [2.45, 2.75) is 0 Å². The van der Waals surface area contributed by atoms with Gasteiger partial charge in [-0.2, -0.15) is 0 Å². The van der Waals surface area contributed by atoms with E-state index < -0.39 is 0 Å². The number of benzene rings is 5. The van der Waals surface area contributed by atoms with Crippen molar-refractivity contribution in [3.63, 3.8) is 0 Å². The van der Waals surface area contributed by atoms with Gasteiger partial charge in [0.25, 0.3) is 0 Å². The Balaban J connectivity index is 1.68. The van der Waals surface area contributed by atoms with Crippen LogP contribution in [0.25, 0.3) is 60.7 Å². The molecular formula is C30H18BN3. The minimum Gasteiger partial charge on any atom is -0.292 e. The molecule has 5 aromatic carbocycles. The molecule has 7 rings (SSSR count). The van der Waals surface area contributed by atoms with E-state index in [9.17, 15) is 0 Å². The first kappa shape index (κ1) is 19.1. The van der Waals surface area contributed by atoms with Crippen LogP contribution in [0.15, 0.2) is 109 Å². The first-order valence-corrected chi connectivity index (χ1v) is 11.3. The fraction of sp³-hybridized carbons (Fsp3) is 0. The van der Waals surface area contributed by atoms with E-state index in [0.29, 0.717) is 0 Å². The summed E-state index contributed by atoms with van der Waals surface area (Å²) in [5.41, 5.74) is 6.54. The maximum Gasteiger partial charge on any atom is 0.165 e. The number of nitrogens with zero attached hydrogens (tertiary/aromatic N) is 3. The van der Waals surface area contributed by atoms with E-state index in [1.807, 2.05) is 42.5 Å². The molecule has 0 N–H and O–H groups in total. The van der Waals surface area contributed by atoms with Gasteiger partial charge < -0.3 is 0 Å². The van der Waals surface area contributed by atoms with E-state index in [4.69, 9.17) is 17.8 Å². The molecule has 0 aliphatic heterocycles. The summed E-state index contributed by atoms with van der Waals surface area (Å²) in [5, 5.41) is 4.47. The van der Waals surface area contributed by atoms with E-state index >= 15 is 0 Å². The van der Waals surface area contributed by atoms with Gasteiger partial charge in [0, 0.05) is 16.3 Å². The molecule has 0 saturated heterocycles. The molecule has 0 bridgehead atoms. The molecule has 0 fully saturated rings. The highest BCUT2D eigenvalue weighted by Gasteiger charge is 2.20. The summed E-state index contributed by atoms with van der Waals surface area (Å²) >= 11 is 0. The fourth-order valence-corrected chi connectivity index (χ4v) is 5.01. The van der Waals surface area contributed by atoms with Crippen LogP contribution < -0.4 is 5.46 Å². The van der Waals surface area contributed by atoms with Crippen molar-refractivity contribution in [1.82, 2.24) is 14.5 Å². The van der Waals surface area contributed by atoms with Crippen LogP contribution in [-0.2, 0) is 0 Å². The summed E-state index contributed by atoms with van der Waals surface area (Å²) < 4.78 is 2.24. The smallest absolute Gasteiger partial charge is 0.165 e. The highest BCUT2D eigenvalue weighted by Crippen LogP contribution is 2.37. The molecule has 3 nitrogen and oxygen atoms in total. The molecule has 156 valence electrons. The first-order valence-electron chi connectivity index (χ1n) is 11.3. The topological polar surface area (TPSA) is 30.7 Å². The number of fused-ring (bicyclic) bond motifs is 5. The molecule has 0 saturated carbocycles. The van der Waals surface area contributed by atoms with Gasteiger partial charge in [0.2, 0.25) is 0 Å². The van der Waals surface area contributed by atoms with Crippen LogP contribution >= 0.6 is 0 Å². The van der Waals surface area contributed by atoms with Crippen LogP contribution in [0, 0.1) is 0 Å². The second kappa shape index (κ2) is 7.29. The standard InChI is InChI=1S/C30H18BN3/c31-24-18-17-23(19-9-1-2-10-20(19)24)29-30(33-26-14-6-5-13-25(26)32-29)34-27-15-7-3-11-21(27)22-12-4-8-16-28(22)34/h1-18H. The predicted molar refractivity (Wildman–Crippen MR) is 142 cm³/mol. The lowest BCUT2D eigenvalue weighted by atomic mass is 9.87. The maximum absolute atomic E-state index is 6.33. The molecule has 0 amide bonds. The second-order valence-electron chi connectivity index (χ2n) is 8.50. The van der Waals surface area contributed by atoms with E-state index in [2.05, 4.69) is 71.3 Å². The van der Waals surface area contributed by atoms with Crippen molar-refractivity contribution >= 4 is 56.9 Å². The van der Waals surface area contributed by atoms with Crippen molar-refractivity contribution in [3.05, 3.63) is 109 Å². The van der Waals surface area contributed by atoms with Crippen molar-refractivity contribution in [2.24, 2.45) is 0 Å². The summed E-state index contributed by atoms with van der Waals surface area (Å²) in [6.07, 6.45) is 0. The molecule has 0 aliphatic carbocycles. The van der Waals surface area contributed by atoms with E-state index in [-0.39, 0.29) is 0 Å². The van der Waals surface area contributed by atoms with E-state index in [0.717, 1.165) is 55.4 Å². The van der Waals surface area contributed by atoms with Gasteiger partial charge in [-0.3, -0.25) is 4.57 Å². The zero-order valence-electron chi connectivity index (χ0n) is 18.3. The third-order valence-corrected chi connectivity index (χ3v) is 6.56. The van der Waals surface area contributed by atoms with Gasteiger partial charge in [-0.05, 0) is 35.0 Å². The second-order valence-corrected chi connectivity index (χ2v) is 8.50. The van der Waals surface area contributed by atoms with Crippen molar-refractivity contribution in [1.29, 1.82) is 0 Å². The average molecular weight is 431 g/mol. The van der Waals surface area contributed by atoms with Crippen molar-refractivity contribution in [3.8, 4) is 17.1 Å². The molecular weight excluding hydrogens is 413 g/mol. The molecule has 2 heterocycles. The number of rotatable bonds is 2. The predicted octanol–water partition coefficient (Wildman–Crippen LogP) is 6.34. The van der Waals surface area contributed by atoms with Crippen LogP contribution in [-0.4, -0.2) is 22.4 Å². The quantitative estimate of drug-likeness (QED) is 0.299. The van der Waals surface area contributed by atoms with Gasteiger partial charge in [-0.25, -0.2) is 9.97 Å². The van der Waals surface area contributed by atoms with Gasteiger partial charge in [0.15, 0.2) is 5.82 Å². The van der Waals surface area contributed by atoms with Crippen LogP contribution in [0.1, 0.15) is 0 Å². The molecule has 2 aromatic heterocycles. The summed E-state index contributed by atoms with van der Waals surface area (Å²) in [7, 11) is 6.33. The van der Waals surface area contributed by atoms with Crippen molar-refractivity contribution in [2.75, 3.05) is 0 Å². The lowest BCUT2D eigenvalue weighted by Gasteiger charge is -2.16. The minimum atomic E-state index is 0.756. The highest BCUT2D eigenvalue weighted by atomic mass is 15.1. The molecule has 0 aliphatic rings. The van der Waals surface area contributed by atoms with Gasteiger partial charge in [0.05, 0.1) is 22.1 Å². The van der Waals surface area contributed by atoms with E-state index in [1.54, 1.807) is 0 Å². The highest BCUT2D eigenvalue weighted by molar-refractivity contribution is 6.39. The lowest BCUT2D eigenvalue weighted by Crippen LogP contribution is -2.07. The largest absolute Gasteiger partial charge is 0.292 e. The molecule has 2 radical (unpaired) electrons. The Labute approximate surface area is 197 Å². The summed E-state index contributed by atoms with van der Waals surface area (Å²) in [4.78, 5) is 10.4. The summed E-state index contributed by atoms with van der Waals surface area (Å²) in [5.74, 6) is 0.811. The van der Waals surface area contributed by atoms with Gasteiger partial charge in [0.1, 0.15) is 13.5 Å². The van der Waals surface area contributed by atoms with Crippen LogP contribution in [0.4, 0.5) is 0 Å². The van der Waals surface area contributed by atoms with Crippen LogP contribution in [0.2, 0.25) is 0 Å². The maximum atomic E-state index is 6.33. The Morgan fingerprint density at radius 1 is 0.500 bits per heavy atom. The molecule has 0 spiro atoms. The molecule has 0 unspecified atom stereocenters. The molecule has 34 heavy (non-hydrogen) atoms. The summed E-state index contributed by atoms with van der Waals surface area (Å²) in [6.45, 7) is 0. The Morgan fingerprint density at radius 3 is 1.71 bits per heavy atom. The zero-order valence-corrected chi connectivity index (χ0v) is 18.3. The minimum absolute atomic E-state index is 0.756. The van der Waals surface area contributed by atoms with Gasteiger partial charge in [-0.1, -0.05) is 90.4 Å². The number of para-hydroxylation sites is 4. The Kier molecular flexibility index (Phi) is 4.09. The van der Waals surface area contributed by atoms with Crippen LogP contribution in [0.3, 0.4) is 0 Å². The molecule has 7 aromatic rings. The Bertz CT molecular complexity index is 1830. The number of aromatic nitrogens is 3. The van der Waals surface area contributed by atoms with Crippen LogP contribution in [0.5, 0.6) is 0 Å². The van der Waals surface area contributed by atoms with Gasteiger partial charge >= 0.3 is 0 Å². The first-order chi connectivity index (χ1) is 16.8. The van der Waals surface area contributed by atoms with Gasteiger partial charge in [-0.15, -0.1) is 0 Å². The third kappa shape index (κ3) is 2.72. The zero-order chi connectivity index (χ0) is 22.6. The average Bonchev–Trinajstić information content (AvgIpc) is 3.23. The molecule has 0 atom stereocenters. The van der Waals surface area contributed by atoms with Crippen molar-refractivity contribution < 1.29 is 0 Å². The van der Waals surface area contributed by atoms with E-state index in [1.165, 1.54) is 10.8 Å². The molecule has 4 heteroatoms. The fourth-order valence-electron chi connectivity index (χ4n) is 5.01. The normalized spacial score (nSPS) is 11.6. The Morgan fingerprint density at radius 2 is 1.03 bits per heavy atom. The third-order valence-electron chi connectivity index (χ3n) is 6.56. The number of hydrogen-bond donors (Lipinski definition) is 0. The monoisotopic (exact) mass is 431 g/mol. The summed E-state index contributed by atoms with van der Waals surface area (Å²) in [6, 6.07) is 37.2. The number of hydrogen-bond acceptors (Lipinski definition) is 2. The lowest BCUT2D eigenvalue weighted by molar-refractivity contribution is 1.08. The SMILES string of the molecule is [B]c1ccc(-c2nc3ccccc3nc2-n2c3ccccc3c3ccccc32)c2ccccc12.